The average Bonchev–Trinajstić information content (AvgIpc) is 2.96. The molecule has 0 radical (unpaired) electrons. The van der Waals surface area contributed by atoms with Crippen LogP contribution in [0.4, 0.5) is 5.69 Å². The number of nitrogens with zero attached hydrogens (tertiary/aromatic N) is 1. The third-order valence-electron chi connectivity index (χ3n) is 4.36. The Morgan fingerprint density at radius 2 is 2.07 bits per heavy atom. The molecule has 6 nitrogen and oxygen atoms in total. The molecule has 3 rings (SSSR count). The second-order valence-corrected chi connectivity index (χ2v) is 8.05. The van der Waals surface area contributed by atoms with Gasteiger partial charge < -0.3 is 15.2 Å². The maximum absolute atomic E-state index is 12.7. The second-order valence-electron chi connectivity index (χ2n) is 6.38. The number of carbonyl (C=O) groups is 2. The summed E-state index contributed by atoms with van der Waals surface area (Å²) in [6.45, 7) is 2.12. The third-order valence-corrected chi connectivity index (χ3v) is 5.73. The Bertz CT molecular complexity index is 1000. The van der Waals surface area contributed by atoms with E-state index in [2.05, 4.69) is 5.32 Å². The predicted octanol–water partition coefficient (Wildman–Crippen LogP) is 3.94. The van der Waals surface area contributed by atoms with Crippen LogP contribution < -0.4 is 10.1 Å². The SMILES string of the molecule is COc1cc(/C=C2\SC(=S)N(CCC(=O)Nc3ccccc3C)C2=O)ccc1O. The summed E-state index contributed by atoms with van der Waals surface area (Å²) in [4.78, 5) is 26.9. The fraction of sp³-hybridized carbons (Fsp3) is 0.190. The standard InChI is InChI=1S/C21H20N2O4S2/c1-13-5-3-4-6-15(13)22-19(25)9-10-23-20(26)18(29-21(23)28)12-14-7-8-16(24)17(11-14)27-2/h3-8,11-12,24H,9-10H2,1-2H3,(H,22,25)/b18-12-. The third kappa shape index (κ3) is 4.96. The molecule has 2 aromatic carbocycles. The van der Waals surface area contributed by atoms with Crippen molar-refractivity contribution in [3.05, 3.63) is 58.5 Å². The summed E-state index contributed by atoms with van der Waals surface area (Å²) in [6, 6.07) is 12.3. The molecule has 2 aromatic rings. The average molecular weight is 429 g/mol. The number of aromatic hydroxyl groups is 1. The van der Waals surface area contributed by atoms with Crippen LogP contribution in [0.2, 0.25) is 0 Å². The van der Waals surface area contributed by atoms with E-state index in [4.69, 9.17) is 17.0 Å². The molecule has 1 heterocycles. The van der Waals surface area contributed by atoms with Gasteiger partial charge in [-0.3, -0.25) is 14.5 Å². The van der Waals surface area contributed by atoms with Gasteiger partial charge in [0, 0.05) is 18.7 Å². The van der Waals surface area contributed by atoms with Crippen molar-refractivity contribution in [1.82, 2.24) is 4.90 Å². The molecule has 8 heteroatoms. The fourth-order valence-electron chi connectivity index (χ4n) is 2.77. The monoisotopic (exact) mass is 428 g/mol. The Balaban J connectivity index is 1.64. The Morgan fingerprint density at radius 3 is 2.79 bits per heavy atom. The van der Waals surface area contributed by atoms with Gasteiger partial charge in [-0.05, 0) is 42.3 Å². The van der Waals surface area contributed by atoms with Gasteiger partial charge in [0.1, 0.15) is 4.32 Å². The first-order valence-electron chi connectivity index (χ1n) is 8.87. The van der Waals surface area contributed by atoms with E-state index in [0.29, 0.717) is 20.5 Å². The van der Waals surface area contributed by atoms with Crippen LogP contribution in [0.5, 0.6) is 11.5 Å². The number of benzene rings is 2. The molecule has 0 atom stereocenters. The number of nitrogens with one attached hydrogen (secondary N) is 1. The summed E-state index contributed by atoms with van der Waals surface area (Å²) in [5.74, 6) is -0.0738. The highest BCUT2D eigenvalue weighted by atomic mass is 32.2. The molecule has 2 amide bonds. The van der Waals surface area contributed by atoms with Crippen molar-refractivity contribution in [2.24, 2.45) is 0 Å². The molecule has 1 aliphatic rings. The number of thioether (sulfide) groups is 1. The first-order valence-corrected chi connectivity index (χ1v) is 10.1. The molecule has 1 saturated heterocycles. The van der Waals surface area contributed by atoms with Crippen molar-refractivity contribution in [3.63, 3.8) is 0 Å². The summed E-state index contributed by atoms with van der Waals surface area (Å²) in [7, 11) is 1.46. The van der Waals surface area contributed by atoms with E-state index < -0.39 is 0 Å². The zero-order valence-corrected chi connectivity index (χ0v) is 17.6. The minimum Gasteiger partial charge on any atom is -0.504 e. The smallest absolute Gasteiger partial charge is 0.266 e. The van der Waals surface area contributed by atoms with E-state index >= 15 is 0 Å². The summed E-state index contributed by atoms with van der Waals surface area (Å²) < 4.78 is 5.50. The highest BCUT2D eigenvalue weighted by molar-refractivity contribution is 8.26. The van der Waals surface area contributed by atoms with Crippen molar-refractivity contribution < 1.29 is 19.4 Å². The zero-order chi connectivity index (χ0) is 21.0. The summed E-state index contributed by atoms with van der Waals surface area (Å²) in [6.07, 6.45) is 1.83. The van der Waals surface area contributed by atoms with Gasteiger partial charge in [0.15, 0.2) is 11.5 Å². The maximum Gasteiger partial charge on any atom is 0.266 e. The lowest BCUT2D eigenvalue weighted by Gasteiger charge is -2.14. The highest BCUT2D eigenvalue weighted by Crippen LogP contribution is 2.34. The quantitative estimate of drug-likeness (QED) is 0.536. The predicted molar refractivity (Wildman–Crippen MR) is 119 cm³/mol. The molecule has 0 saturated carbocycles. The molecule has 0 aromatic heterocycles. The number of para-hydroxylation sites is 1. The maximum atomic E-state index is 12.7. The molecule has 29 heavy (non-hydrogen) atoms. The molecule has 2 N–H and O–H groups in total. The van der Waals surface area contributed by atoms with Crippen molar-refractivity contribution in [3.8, 4) is 11.5 Å². The van der Waals surface area contributed by atoms with E-state index in [1.54, 1.807) is 18.2 Å². The van der Waals surface area contributed by atoms with E-state index in [9.17, 15) is 14.7 Å². The first-order chi connectivity index (χ1) is 13.9. The number of ether oxygens (including phenoxy) is 1. The Labute approximate surface area is 178 Å². The van der Waals surface area contributed by atoms with E-state index in [1.807, 2.05) is 31.2 Å². The van der Waals surface area contributed by atoms with Gasteiger partial charge >= 0.3 is 0 Å². The van der Waals surface area contributed by atoms with Crippen molar-refractivity contribution in [1.29, 1.82) is 0 Å². The van der Waals surface area contributed by atoms with Gasteiger partial charge in [-0.25, -0.2) is 0 Å². The minimum absolute atomic E-state index is 0.0249. The van der Waals surface area contributed by atoms with Gasteiger partial charge in [-0.2, -0.15) is 0 Å². The van der Waals surface area contributed by atoms with Crippen LogP contribution in [-0.2, 0) is 9.59 Å². The molecule has 1 fully saturated rings. The second kappa shape index (κ2) is 9.11. The number of carbonyl (C=O) groups excluding carboxylic acids is 2. The van der Waals surface area contributed by atoms with Crippen molar-refractivity contribution in [2.45, 2.75) is 13.3 Å². The Hall–Kier alpha value is -2.84. The van der Waals surface area contributed by atoms with Crippen LogP contribution in [0.15, 0.2) is 47.4 Å². The molecule has 0 spiro atoms. The lowest BCUT2D eigenvalue weighted by atomic mass is 10.2. The fourth-order valence-corrected chi connectivity index (χ4v) is 4.08. The molecular weight excluding hydrogens is 408 g/mol. The number of phenols is 1. The number of amides is 2. The lowest BCUT2D eigenvalue weighted by Crippen LogP contribution is -2.31. The Kier molecular flexibility index (Phi) is 6.56. The zero-order valence-electron chi connectivity index (χ0n) is 16.0. The number of hydrogen-bond donors (Lipinski definition) is 2. The molecule has 0 bridgehead atoms. The number of thiocarbonyl (C=S) groups is 1. The van der Waals surface area contributed by atoms with E-state index in [0.717, 1.165) is 11.3 Å². The number of hydrogen-bond acceptors (Lipinski definition) is 6. The van der Waals surface area contributed by atoms with Crippen LogP contribution >= 0.6 is 24.0 Å². The molecule has 0 unspecified atom stereocenters. The highest BCUT2D eigenvalue weighted by Gasteiger charge is 2.32. The molecule has 1 aliphatic heterocycles. The summed E-state index contributed by atoms with van der Waals surface area (Å²) >= 11 is 6.50. The van der Waals surface area contributed by atoms with Gasteiger partial charge in [0.05, 0.1) is 12.0 Å². The van der Waals surface area contributed by atoms with Gasteiger partial charge in [-0.1, -0.05) is 48.2 Å². The number of methoxy groups -OCH3 is 1. The minimum atomic E-state index is -0.240. The molecular formula is C21H20N2O4S2. The van der Waals surface area contributed by atoms with Crippen molar-refractivity contribution >= 4 is 51.9 Å². The van der Waals surface area contributed by atoms with Gasteiger partial charge in [0.2, 0.25) is 5.91 Å². The first kappa shape index (κ1) is 20.9. The summed E-state index contributed by atoms with van der Waals surface area (Å²) in [5.41, 5.74) is 2.43. The summed E-state index contributed by atoms with van der Waals surface area (Å²) in [5, 5.41) is 12.5. The molecule has 150 valence electrons. The van der Waals surface area contributed by atoms with Crippen LogP contribution in [0.25, 0.3) is 6.08 Å². The number of aryl methyl sites for hydroxylation is 1. The van der Waals surface area contributed by atoms with Crippen LogP contribution in [0, 0.1) is 6.92 Å². The number of phenolic OH excluding ortho intramolecular Hbond substituents is 1. The van der Waals surface area contributed by atoms with Gasteiger partial charge in [-0.15, -0.1) is 0 Å². The lowest BCUT2D eigenvalue weighted by molar-refractivity contribution is -0.122. The number of rotatable bonds is 6. The topological polar surface area (TPSA) is 78.9 Å². The van der Waals surface area contributed by atoms with Crippen LogP contribution in [-0.4, -0.2) is 39.8 Å². The van der Waals surface area contributed by atoms with Crippen LogP contribution in [0.1, 0.15) is 17.5 Å². The Morgan fingerprint density at radius 1 is 1.31 bits per heavy atom. The van der Waals surface area contributed by atoms with E-state index in [-0.39, 0.29) is 30.5 Å². The van der Waals surface area contributed by atoms with Crippen LogP contribution in [0.3, 0.4) is 0 Å². The molecule has 0 aliphatic carbocycles. The van der Waals surface area contributed by atoms with Crippen molar-refractivity contribution in [2.75, 3.05) is 19.0 Å². The normalized spacial score (nSPS) is 15.1. The number of anilines is 1. The van der Waals surface area contributed by atoms with E-state index in [1.165, 1.54) is 29.8 Å². The van der Waals surface area contributed by atoms with Gasteiger partial charge in [0.25, 0.3) is 5.91 Å². The largest absolute Gasteiger partial charge is 0.504 e.